The largest absolute Gasteiger partial charge is 0.378 e. The average molecular weight is 423 g/mol. The van der Waals surface area contributed by atoms with E-state index in [0.717, 1.165) is 21.9 Å². The lowest BCUT2D eigenvalue weighted by molar-refractivity contribution is 0.122. The first-order valence-corrected chi connectivity index (χ1v) is 8.95. The lowest BCUT2D eigenvalue weighted by Gasteiger charge is -2.27. The van der Waals surface area contributed by atoms with Crippen molar-refractivity contribution in [1.82, 2.24) is 9.97 Å². The minimum absolute atomic E-state index is 0.244. The van der Waals surface area contributed by atoms with Crippen LogP contribution < -0.4 is 15.2 Å². The molecule has 138 valence electrons. The van der Waals surface area contributed by atoms with Gasteiger partial charge in [-0.15, -0.1) is 0 Å². The van der Waals surface area contributed by atoms with Gasteiger partial charge in [0.15, 0.2) is 11.6 Å². The molecule has 9 heteroatoms. The summed E-state index contributed by atoms with van der Waals surface area (Å²) in [7, 11) is 3.96. The molecule has 0 spiro atoms. The van der Waals surface area contributed by atoms with Gasteiger partial charge in [0, 0.05) is 31.7 Å². The molecule has 7 nitrogen and oxygen atoms in total. The van der Waals surface area contributed by atoms with Crippen molar-refractivity contribution in [3.05, 3.63) is 40.2 Å². The molecule has 0 bridgehead atoms. The molecule has 1 fully saturated rings. The highest BCUT2D eigenvalue weighted by molar-refractivity contribution is 9.10. The predicted molar refractivity (Wildman–Crippen MR) is 105 cm³/mol. The Bertz CT molecular complexity index is 795. The molecule has 2 aromatic rings. The van der Waals surface area contributed by atoms with Crippen LogP contribution in [0.2, 0.25) is 0 Å². The van der Waals surface area contributed by atoms with E-state index in [4.69, 9.17) is 4.74 Å². The normalized spacial score (nSPS) is 14.7. The van der Waals surface area contributed by atoms with E-state index in [1.54, 1.807) is 6.21 Å². The maximum Gasteiger partial charge on any atom is 0.245 e. The molecule has 0 aliphatic carbocycles. The molecule has 1 aromatic heterocycles. The number of hydrogen-bond donors (Lipinski definition) is 1. The van der Waals surface area contributed by atoms with Crippen molar-refractivity contribution in [3.63, 3.8) is 0 Å². The topological polar surface area (TPSA) is 65.9 Å². The van der Waals surface area contributed by atoms with Crippen LogP contribution in [0.5, 0.6) is 0 Å². The number of benzene rings is 1. The first-order valence-electron chi connectivity index (χ1n) is 8.16. The van der Waals surface area contributed by atoms with Crippen molar-refractivity contribution in [2.45, 2.75) is 0 Å². The molecule has 1 aliphatic heterocycles. The van der Waals surface area contributed by atoms with Gasteiger partial charge in [-0.2, -0.15) is 10.1 Å². The van der Waals surface area contributed by atoms with Gasteiger partial charge in [-0.1, -0.05) is 6.07 Å². The van der Waals surface area contributed by atoms with Crippen LogP contribution in [-0.4, -0.2) is 56.6 Å². The van der Waals surface area contributed by atoms with E-state index in [1.807, 2.05) is 42.1 Å². The highest BCUT2D eigenvalue weighted by Gasteiger charge is 2.17. The molecule has 0 saturated carbocycles. The Morgan fingerprint density at radius 3 is 2.81 bits per heavy atom. The number of anilines is 3. The fourth-order valence-corrected chi connectivity index (χ4v) is 3.29. The number of morpholine rings is 1. The van der Waals surface area contributed by atoms with E-state index in [2.05, 4.69) is 36.4 Å². The van der Waals surface area contributed by atoms with Gasteiger partial charge in [0.1, 0.15) is 0 Å². The van der Waals surface area contributed by atoms with E-state index in [1.165, 1.54) is 0 Å². The third-order valence-electron chi connectivity index (χ3n) is 3.87. The lowest BCUT2D eigenvalue weighted by atomic mass is 10.2. The summed E-state index contributed by atoms with van der Waals surface area (Å²) in [5.41, 5.74) is 4.74. The minimum atomic E-state index is -0.454. The van der Waals surface area contributed by atoms with Crippen LogP contribution in [0.3, 0.4) is 0 Å². The van der Waals surface area contributed by atoms with Gasteiger partial charge in [0.25, 0.3) is 0 Å². The van der Waals surface area contributed by atoms with Gasteiger partial charge in [0.2, 0.25) is 5.95 Å². The SMILES string of the molecule is CN(C)c1ccc(/C=N/Nc2ncc(F)c(N3CCOCC3)n2)cc1Br. The van der Waals surface area contributed by atoms with Crippen LogP contribution in [0.4, 0.5) is 21.8 Å². The molecule has 1 aromatic carbocycles. The van der Waals surface area contributed by atoms with Gasteiger partial charge in [-0.25, -0.2) is 14.8 Å². The lowest BCUT2D eigenvalue weighted by Crippen LogP contribution is -2.37. The van der Waals surface area contributed by atoms with Crippen LogP contribution in [-0.2, 0) is 4.74 Å². The molecule has 1 aliphatic rings. The van der Waals surface area contributed by atoms with Crippen molar-refractivity contribution in [1.29, 1.82) is 0 Å². The van der Waals surface area contributed by atoms with Gasteiger partial charge in [0.05, 0.1) is 31.3 Å². The number of hydrogen-bond acceptors (Lipinski definition) is 7. The Balaban J connectivity index is 1.69. The summed E-state index contributed by atoms with van der Waals surface area (Å²) < 4.78 is 20.3. The van der Waals surface area contributed by atoms with Gasteiger partial charge >= 0.3 is 0 Å². The summed E-state index contributed by atoms with van der Waals surface area (Å²) in [6.07, 6.45) is 2.81. The Morgan fingerprint density at radius 2 is 2.12 bits per heavy atom. The second-order valence-corrected chi connectivity index (χ2v) is 6.79. The molecular formula is C17H20BrFN6O. The first-order chi connectivity index (χ1) is 12.5. The number of ether oxygens (including phenoxy) is 1. The molecule has 3 rings (SSSR count). The van der Waals surface area contributed by atoms with Crippen molar-refractivity contribution < 1.29 is 9.13 Å². The second-order valence-electron chi connectivity index (χ2n) is 5.94. The fraction of sp³-hybridized carbons (Fsp3) is 0.353. The molecular weight excluding hydrogens is 403 g/mol. The van der Waals surface area contributed by atoms with Crippen LogP contribution in [0.25, 0.3) is 0 Å². The number of halogens is 2. The summed E-state index contributed by atoms with van der Waals surface area (Å²) in [6, 6.07) is 5.91. The third kappa shape index (κ3) is 4.47. The maximum atomic E-state index is 14.0. The molecule has 0 amide bonds. The number of rotatable bonds is 5. The molecule has 26 heavy (non-hydrogen) atoms. The number of nitrogens with one attached hydrogen (secondary N) is 1. The fourth-order valence-electron chi connectivity index (χ4n) is 2.54. The second kappa shape index (κ2) is 8.41. The summed E-state index contributed by atoms with van der Waals surface area (Å²) in [6.45, 7) is 2.32. The highest BCUT2D eigenvalue weighted by Crippen LogP contribution is 2.25. The molecule has 2 heterocycles. The van der Waals surface area contributed by atoms with Crippen LogP contribution in [0, 0.1) is 5.82 Å². The van der Waals surface area contributed by atoms with Crippen molar-refractivity contribution in [3.8, 4) is 0 Å². The Kier molecular flexibility index (Phi) is 6.00. The Labute approximate surface area is 160 Å². The Morgan fingerprint density at radius 1 is 1.35 bits per heavy atom. The summed E-state index contributed by atoms with van der Waals surface area (Å²) in [5, 5.41) is 4.14. The van der Waals surface area contributed by atoms with Gasteiger partial charge in [-0.3, -0.25) is 0 Å². The van der Waals surface area contributed by atoms with Crippen LogP contribution in [0.15, 0.2) is 34.0 Å². The maximum absolute atomic E-state index is 14.0. The third-order valence-corrected chi connectivity index (χ3v) is 4.50. The Hall–Kier alpha value is -2.26. The monoisotopic (exact) mass is 422 g/mol. The zero-order valence-electron chi connectivity index (χ0n) is 14.6. The number of hydrazone groups is 1. The van der Waals surface area contributed by atoms with E-state index >= 15 is 0 Å². The number of nitrogens with zero attached hydrogens (tertiary/aromatic N) is 5. The van der Waals surface area contributed by atoms with Crippen LogP contribution >= 0.6 is 15.9 Å². The van der Waals surface area contributed by atoms with E-state index < -0.39 is 5.82 Å². The van der Waals surface area contributed by atoms with Crippen molar-refractivity contribution in [2.24, 2.45) is 5.10 Å². The quantitative estimate of drug-likeness (QED) is 0.590. The van der Waals surface area contributed by atoms with E-state index in [-0.39, 0.29) is 11.8 Å². The van der Waals surface area contributed by atoms with Crippen LogP contribution in [0.1, 0.15) is 5.56 Å². The predicted octanol–water partition coefficient (Wildman–Crippen LogP) is 2.73. The number of aromatic nitrogens is 2. The molecule has 0 atom stereocenters. The van der Waals surface area contributed by atoms with E-state index in [0.29, 0.717) is 26.3 Å². The zero-order chi connectivity index (χ0) is 18.5. The van der Waals surface area contributed by atoms with Crippen molar-refractivity contribution >= 4 is 39.6 Å². The molecule has 0 radical (unpaired) electrons. The van der Waals surface area contributed by atoms with Crippen molar-refractivity contribution in [2.75, 3.05) is 55.6 Å². The summed E-state index contributed by atoms with van der Waals surface area (Å²) >= 11 is 3.54. The van der Waals surface area contributed by atoms with E-state index in [9.17, 15) is 4.39 Å². The smallest absolute Gasteiger partial charge is 0.245 e. The molecule has 1 N–H and O–H groups in total. The highest BCUT2D eigenvalue weighted by atomic mass is 79.9. The molecule has 1 saturated heterocycles. The first kappa shape index (κ1) is 18.5. The molecule has 0 unspecified atom stereocenters. The zero-order valence-corrected chi connectivity index (χ0v) is 16.2. The van der Waals surface area contributed by atoms with Gasteiger partial charge in [-0.05, 0) is 33.6 Å². The minimum Gasteiger partial charge on any atom is -0.378 e. The summed E-state index contributed by atoms with van der Waals surface area (Å²) in [5.74, 6) is 0.0526. The summed E-state index contributed by atoms with van der Waals surface area (Å²) in [4.78, 5) is 12.0. The average Bonchev–Trinajstić information content (AvgIpc) is 2.63. The van der Waals surface area contributed by atoms with Gasteiger partial charge < -0.3 is 14.5 Å². The standard InChI is InChI=1S/C17H20BrFN6O/c1-24(2)15-4-3-12(9-13(15)18)10-21-23-17-20-11-14(19)16(22-17)25-5-7-26-8-6-25/h3-4,9-11H,5-8H2,1-2H3,(H,20,22,23)/b21-10+.